The normalized spacial score (nSPS) is 15.6. The van der Waals surface area contributed by atoms with E-state index in [1.165, 1.54) is 0 Å². The largest absolute Gasteiger partial charge is 0.361 e. The first-order valence-corrected chi connectivity index (χ1v) is 10.7. The molecule has 5 rings (SSSR count). The fourth-order valence-corrected chi connectivity index (χ4v) is 4.18. The van der Waals surface area contributed by atoms with Gasteiger partial charge in [0.25, 0.3) is 5.91 Å². The molecule has 7 nitrogen and oxygen atoms in total. The molecule has 1 aromatic heterocycles. The van der Waals surface area contributed by atoms with Gasteiger partial charge in [0.15, 0.2) is 0 Å². The number of imide groups is 1. The summed E-state index contributed by atoms with van der Waals surface area (Å²) in [5.41, 5.74) is 4.35. The Morgan fingerprint density at radius 1 is 0.909 bits per heavy atom. The number of hydrogen-bond acceptors (Lipinski definition) is 3. The van der Waals surface area contributed by atoms with Crippen LogP contribution in [0, 0.1) is 0 Å². The Kier molecular flexibility index (Phi) is 5.36. The van der Waals surface area contributed by atoms with Gasteiger partial charge in [-0.2, -0.15) is 0 Å². The van der Waals surface area contributed by atoms with Crippen molar-refractivity contribution in [2.75, 3.05) is 11.9 Å². The van der Waals surface area contributed by atoms with Crippen LogP contribution in [0.4, 0.5) is 10.5 Å². The number of hydrogen-bond donors (Lipinski definition) is 3. The number of aromatic nitrogens is 1. The molecule has 4 amide bonds. The van der Waals surface area contributed by atoms with E-state index in [-0.39, 0.29) is 6.54 Å². The molecule has 1 aliphatic rings. The van der Waals surface area contributed by atoms with E-state index in [1.54, 1.807) is 6.07 Å². The molecule has 3 aromatic carbocycles. The fourth-order valence-electron chi connectivity index (χ4n) is 4.18. The maximum absolute atomic E-state index is 12.9. The molecule has 0 bridgehead atoms. The molecular formula is C26H22N4O3. The number of benzene rings is 3. The van der Waals surface area contributed by atoms with E-state index < -0.39 is 23.9 Å². The Morgan fingerprint density at radius 2 is 1.64 bits per heavy atom. The van der Waals surface area contributed by atoms with Crippen molar-refractivity contribution >= 4 is 34.4 Å². The van der Waals surface area contributed by atoms with Crippen LogP contribution in [0.2, 0.25) is 0 Å². The molecule has 0 saturated carbocycles. The van der Waals surface area contributed by atoms with Gasteiger partial charge in [-0.15, -0.1) is 0 Å². The first-order valence-electron chi connectivity index (χ1n) is 10.7. The van der Waals surface area contributed by atoms with Gasteiger partial charge in [0.05, 0.1) is 0 Å². The number of carbonyl (C=O) groups is 3. The van der Waals surface area contributed by atoms with Gasteiger partial charge in [-0.25, -0.2) is 4.79 Å². The van der Waals surface area contributed by atoms with E-state index in [1.807, 2.05) is 79.0 Å². The second kappa shape index (κ2) is 8.63. The Labute approximate surface area is 190 Å². The standard InChI is InChI=1S/C26H22N4O3/c31-24(28-22-13-7-5-10-19(22)17-8-2-1-3-9-17)16-30-25(32)23(29-26(30)33)14-18-15-27-21-12-6-4-11-20(18)21/h1-13,15,23,27H,14,16H2,(H,28,31)(H,29,33)/t23-/m0/s1. The first-order chi connectivity index (χ1) is 16.1. The lowest BCUT2D eigenvalue weighted by molar-refractivity contribution is -0.130. The number of nitrogens with one attached hydrogen (secondary N) is 3. The molecule has 0 unspecified atom stereocenters. The minimum Gasteiger partial charge on any atom is -0.361 e. The minimum atomic E-state index is -0.707. The molecule has 1 fully saturated rings. The predicted molar refractivity (Wildman–Crippen MR) is 127 cm³/mol. The highest BCUT2D eigenvalue weighted by Crippen LogP contribution is 2.27. The maximum Gasteiger partial charge on any atom is 0.325 e. The van der Waals surface area contributed by atoms with Gasteiger partial charge in [0.2, 0.25) is 5.91 Å². The van der Waals surface area contributed by atoms with Crippen LogP contribution >= 0.6 is 0 Å². The van der Waals surface area contributed by atoms with E-state index in [2.05, 4.69) is 15.6 Å². The number of fused-ring (bicyclic) bond motifs is 1. The smallest absolute Gasteiger partial charge is 0.325 e. The van der Waals surface area contributed by atoms with Crippen LogP contribution in [0.5, 0.6) is 0 Å². The summed E-state index contributed by atoms with van der Waals surface area (Å²) >= 11 is 0. The summed E-state index contributed by atoms with van der Waals surface area (Å²) in [6.45, 7) is -0.349. The van der Waals surface area contributed by atoms with E-state index in [0.717, 1.165) is 32.5 Å². The molecule has 0 aliphatic carbocycles. The van der Waals surface area contributed by atoms with Gasteiger partial charge in [-0.1, -0.05) is 66.7 Å². The lowest BCUT2D eigenvalue weighted by Gasteiger charge is -2.15. The highest BCUT2D eigenvalue weighted by molar-refractivity contribution is 6.08. The number of aromatic amines is 1. The van der Waals surface area contributed by atoms with Crippen LogP contribution in [-0.2, 0) is 16.0 Å². The third-order valence-electron chi connectivity index (χ3n) is 5.79. The van der Waals surface area contributed by atoms with Crippen LogP contribution < -0.4 is 10.6 Å². The summed E-state index contributed by atoms with van der Waals surface area (Å²) in [6, 6.07) is 23.6. The second-order valence-corrected chi connectivity index (χ2v) is 7.95. The molecule has 3 N–H and O–H groups in total. The maximum atomic E-state index is 12.9. The topological polar surface area (TPSA) is 94.3 Å². The number of urea groups is 1. The molecule has 7 heteroatoms. The van der Waals surface area contributed by atoms with Crippen molar-refractivity contribution < 1.29 is 14.4 Å². The Hall–Kier alpha value is -4.39. The minimum absolute atomic E-state index is 0.349. The predicted octanol–water partition coefficient (Wildman–Crippen LogP) is 3.94. The number of rotatable bonds is 6. The van der Waals surface area contributed by atoms with E-state index in [4.69, 9.17) is 0 Å². The summed E-state index contributed by atoms with van der Waals surface area (Å²) in [5.74, 6) is -0.841. The summed E-state index contributed by atoms with van der Waals surface area (Å²) in [5, 5.41) is 6.56. The van der Waals surface area contributed by atoms with Gasteiger partial charge < -0.3 is 15.6 Å². The summed E-state index contributed by atoms with van der Waals surface area (Å²) in [4.78, 5) is 42.3. The van der Waals surface area contributed by atoms with Crippen molar-refractivity contribution in [2.24, 2.45) is 0 Å². The highest BCUT2D eigenvalue weighted by Gasteiger charge is 2.39. The van der Waals surface area contributed by atoms with Gasteiger partial charge >= 0.3 is 6.03 Å². The van der Waals surface area contributed by atoms with Crippen LogP contribution in [0.3, 0.4) is 0 Å². The number of H-pyrrole nitrogens is 1. The van der Waals surface area contributed by atoms with Crippen LogP contribution in [0.25, 0.3) is 22.0 Å². The van der Waals surface area contributed by atoms with Crippen molar-refractivity contribution in [1.29, 1.82) is 0 Å². The monoisotopic (exact) mass is 438 g/mol. The van der Waals surface area contributed by atoms with Crippen molar-refractivity contribution in [1.82, 2.24) is 15.2 Å². The number of amides is 4. The number of para-hydroxylation sites is 2. The molecule has 1 atom stereocenters. The molecule has 1 aliphatic heterocycles. The molecule has 0 spiro atoms. The number of nitrogens with zero attached hydrogens (tertiary/aromatic N) is 1. The summed E-state index contributed by atoms with van der Waals surface area (Å²) < 4.78 is 0. The third-order valence-corrected chi connectivity index (χ3v) is 5.79. The zero-order valence-electron chi connectivity index (χ0n) is 17.7. The van der Waals surface area contributed by atoms with Crippen molar-refractivity contribution in [2.45, 2.75) is 12.5 Å². The van der Waals surface area contributed by atoms with Crippen LogP contribution in [-0.4, -0.2) is 40.3 Å². The Bertz CT molecular complexity index is 1350. The van der Waals surface area contributed by atoms with E-state index in [9.17, 15) is 14.4 Å². The number of carbonyl (C=O) groups excluding carboxylic acids is 3. The quantitative estimate of drug-likeness (QED) is 0.398. The van der Waals surface area contributed by atoms with Crippen LogP contribution in [0.1, 0.15) is 5.56 Å². The van der Waals surface area contributed by atoms with Gasteiger partial charge in [-0.05, 0) is 23.3 Å². The van der Waals surface area contributed by atoms with Crippen LogP contribution in [0.15, 0.2) is 85.1 Å². The Morgan fingerprint density at radius 3 is 2.48 bits per heavy atom. The zero-order chi connectivity index (χ0) is 22.8. The van der Waals surface area contributed by atoms with Gasteiger partial charge in [-0.3, -0.25) is 14.5 Å². The summed E-state index contributed by atoms with van der Waals surface area (Å²) in [7, 11) is 0. The van der Waals surface area contributed by atoms with E-state index in [0.29, 0.717) is 12.1 Å². The lowest BCUT2D eigenvalue weighted by atomic mass is 10.0. The van der Waals surface area contributed by atoms with Gasteiger partial charge in [0.1, 0.15) is 12.6 Å². The molecule has 0 radical (unpaired) electrons. The van der Waals surface area contributed by atoms with E-state index >= 15 is 0 Å². The Balaban J connectivity index is 1.28. The second-order valence-electron chi connectivity index (χ2n) is 7.95. The fraction of sp³-hybridized carbons (Fsp3) is 0.115. The molecule has 1 saturated heterocycles. The average molecular weight is 438 g/mol. The van der Waals surface area contributed by atoms with Crippen molar-refractivity contribution in [3.63, 3.8) is 0 Å². The molecule has 2 heterocycles. The third kappa shape index (κ3) is 4.08. The molecule has 33 heavy (non-hydrogen) atoms. The van der Waals surface area contributed by atoms with Crippen molar-refractivity contribution in [3.8, 4) is 11.1 Å². The summed E-state index contributed by atoms with van der Waals surface area (Å²) in [6.07, 6.45) is 2.20. The molecular weight excluding hydrogens is 416 g/mol. The van der Waals surface area contributed by atoms with Gasteiger partial charge in [0, 0.05) is 34.8 Å². The number of anilines is 1. The average Bonchev–Trinajstić information content (AvgIpc) is 3.36. The lowest BCUT2D eigenvalue weighted by Crippen LogP contribution is -2.38. The van der Waals surface area contributed by atoms with Crippen molar-refractivity contribution in [3.05, 3.63) is 90.6 Å². The molecule has 4 aromatic rings. The highest BCUT2D eigenvalue weighted by atomic mass is 16.2. The molecule has 164 valence electrons. The SMILES string of the molecule is O=C(CN1C(=O)N[C@@H](Cc2c[nH]c3ccccc23)C1=O)Nc1ccccc1-c1ccccc1. The zero-order valence-corrected chi connectivity index (χ0v) is 17.7. The first kappa shape index (κ1) is 20.5.